The lowest BCUT2D eigenvalue weighted by Crippen LogP contribution is -2.53. The Morgan fingerprint density at radius 1 is 1.15 bits per heavy atom. The summed E-state index contributed by atoms with van der Waals surface area (Å²) in [5, 5.41) is 0. The molecule has 0 N–H and O–H groups in total. The van der Waals surface area contributed by atoms with Crippen LogP contribution in [0.2, 0.25) is 0 Å². The monoisotopic (exact) mass is 372 g/mol. The number of carbonyl (C=O) groups is 1. The first kappa shape index (κ1) is 17.5. The van der Waals surface area contributed by atoms with Crippen molar-refractivity contribution in [2.75, 3.05) is 31.1 Å². The van der Waals surface area contributed by atoms with Gasteiger partial charge in [-0.15, -0.1) is 0 Å². The predicted molar refractivity (Wildman–Crippen MR) is 102 cm³/mol. The second-order valence-electron chi connectivity index (χ2n) is 9.09. The summed E-state index contributed by atoms with van der Waals surface area (Å²) in [6, 6.07) is 6.40. The number of rotatable bonds is 4. The summed E-state index contributed by atoms with van der Waals surface area (Å²) < 4.78 is 19.8. The third kappa shape index (κ3) is 3.46. The van der Waals surface area contributed by atoms with E-state index >= 15 is 0 Å². The summed E-state index contributed by atoms with van der Waals surface area (Å²) >= 11 is 0. The van der Waals surface area contributed by atoms with E-state index in [-0.39, 0.29) is 18.0 Å². The van der Waals surface area contributed by atoms with Crippen molar-refractivity contribution in [3.8, 4) is 0 Å². The van der Waals surface area contributed by atoms with Gasteiger partial charge in [-0.3, -0.25) is 9.80 Å². The SMILES string of the molecule is O=C(OC1CN2CCC1CC2)N(CC1CC2CCC1C2)c1cccc(F)c1. The van der Waals surface area contributed by atoms with Gasteiger partial charge >= 0.3 is 6.09 Å². The maximum Gasteiger partial charge on any atom is 0.414 e. The Morgan fingerprint density at radius 3 is 2.63 bits per heavy atom. The third-order valence-electron chi connectivity index (χ3n) is 7.49. The average Bonchev–Trinajstić information content (AvgIpc) is 3.30. The van der Waals surface area contributed by atoms with Crippen LogP contribution >= 0.6 is 0 Å². The first-order valence-electron chi connectivity index (χ1n) is 10.6. The summed E-state index contributed by atoms with van der Waals surface area (Å²) in [5.74, 6) is 2.24. The molecule has 2 aliphatic carbocycles. The third-order valence-corrected chi connectivity index (χ3v) is 7.49. The van der Waals surface area contributed by atoms with Gasteiger partial charge in [0.2, 0.25) is 0 Å². The van der Waals surface area contributed by atoms with Gasteiger partial charge in [0.1, 0.15) is 11.9 Å². The summed E-state index contributed by atoms with van der Waals surface area (Å²) in [5.41, 5.74) is 0.629. The maximum atomic E-state index is 13.8. The van der Waals surface area contributed by atoms with Gasteiger partial charge < -0.3 is 4.74 Å². The zero-order chi connectivity index (χ0) is 18.4. The normalized spacial score (nSPS) is 36.8. The topological polar surface area (TPSA) is 32.8 Å². The maximum absolute atomic E-state index is 13.8. The lowest BCUT2D eigenvalue weighted by atomic mass is 9.86. The lowest BCUT2D eigenvalue weighted by molar-refractivity contribution is -0.0312. The fourth-order valence-electron chi connectivity index (χ4n) is 6.00. The van der Waals surface area contributed by atoms with Crippen LogP contribution in [-0.4, -0.2) is 43.3 Å². The van der Waals surface area contributed by atoms with E-state index in [1.165, 1.54) is 37.8 Å². The van der Waals surface area contributed by atoms with Crippen molar-refractivity contribution in [2.24, 2.45) is 23.7 Å². The Balaban J connectivity index is 1.33. The fourth-order valence-corrected chi connectivity index (χ4v) is 6.00. The number of piperidine rings is 3. The molecule has 0 spiro atoms. The number of anilines is 1. The van der Waals surface area contributed by atoms with Gasteiger partial charge in [-0.2, -0.15) is 0 Å². The molecule has 4 bridgehead atoms. The Labute approximate surface area is 160 Å². The number of nitrogens with zero attached hydrogens (tertiary/aromatic N) is 2. The molecular formula is C22H29FN2O2. The van der Waals surface area contributed by atoms with E-state index in [4.69, 9.17) is 4.74 Å². The molecule has 3 heterocycles. The Morgan fingerprint density at radius 2 is 2.00 bits per heavy atom. The first-order chi connectivity index (χ1) is 13.2. The van der Waals surface area contributed by atoms with Gasteiger partial charge in [0.15, 0.2) is 0 Å². The zero-order valence-electron chi connectivity index (χ0n) is 15.9. The van der Waals surface area contributed by atoms with E-state index in [0.717, 1.165) is 44.3 Å². The van der Waals surface area contributed by atoms with E-state index in [9.17, 15) is 9.18 Å². The number of carbonyl (C=O) groups excluding carboxylic acids is 1. The molecule has 4 unspecified atom stereocenters. The van der Waals surface area contributed by atoms with Crippen LogP contribution in [0.3, 0.4) is 0 Å². The van der Waals surface area contributed by atoms with Gasteiger partial charge in [-0.25, -0.2) is 9.18 Å². The number of hydrogen-bond donors (Lipinski definition) is 0. The Hall–Kier alpha value is -1.62. The summed E-state index contributed by atoms with van der Waals surface area (Å²) in [7, 11) is 0. The van der Waals surface area contributed by atoms with E-state index in [1.807, 2.05) is 6.07 Å². The molecule has 5 fully saturated rings. The fraction of sp³-hybridized carbons (Fsp3) is 0.682. The standard InChI is InChI=1S/C22H29FN2O2/c23-19-2-1-3-20(12-19)25(13-18-11-15-4-5-17(18)10-15)22(26)27-21-14-24-8-6-16(21)7-9-24/h1-3,12,15-18,21H,4-11,13-14H2. The molecule has 146 valence electrons. The molecule has 4 nitrogen and oxygen atoms in total. The molecule has 1 aromatic rings. The van der Waals surface area contributed by atoms with Crippen LogP contribution < -0.4 is 4.90 Å². The minimum atomic E-state index is -0.305. The van der Waals surface area contributed by atoms with Crippen LogP contribution in [0.25, 0.3) is 0 Å². The van der Waals surface area contributed by atoms with Crippen molar-refractivity contribution < 1.29 is 13.9 Å². The second kappa shape index (κ2) is 7.08. The molecule has 5 aliphatic rings. The van der Waals surface area contributed by atoms with Gasteiger partial charge in [-0.05, 0) is 87.1 Å². The highest BCUT2D eigenvalue weighted by Gasteiger charge is 2.42. The molecule has 4 atom stereocenters. The van der Waals surface area contributed by atoms with Crippen molar-refractivity contribution in [1.29, 1.82) is 0 Å². The molecule has 1 aromatic carbocycles. The second-order valence-corrected chi connectivity index (χ2v) is 9.09. The number of fused-ring (bicyclic) bond motifs is 5. The molecule has 3 saturated heterocycles. The van der Waals surface area contributed by atoms with E-state index < -0.39 is 0 Å². The lowest BCUT2D eigenvalue weighted by Gasteiger charge is -2.44. The minimum Gasteiger partial charge on any atom is -0.444 e. The number of benzene rings is 1. The molecule has 27 heavy (non-hydrogen) atoms. The molecule has 6 rings (SSSR count). The predicted octanol–water partition coefficient (Wildman–Crippen LogP) is 4.30. The van der Waals surface area contributed by atoms with Crippen molar-refractivity contribution >= 4 is 11.8 Å². The van der Waals surface area contributed by atoms with Crippen LogP contribution in [0.5, 0.6) is 0 Å². The van der Waals surface area contributed by atoms with Crippen LogP contribution in [-0.2, 0) is 4.74 Å². The van der Waals surface area contributed by atoms with Crippen LogP contribution in [0.1, 0.15) is 38.5 Å². The quantitative estimate of drug-likeness (QED) is 0.790. The molecule has 0 radical (unpaired) electrons. The van der Waals surface area contributed by atoms with Crippen LogP contribution in [0, 0.1) is 29.5 Å². The van der Waals surface area contributed by atoms with Crippen LogP contribution in [0.4, 0.5) is 14.9 Å². The van der Waals surface area contributed by atoms with Crippen molar-refractivity contribution in [2.45, 2.75) is 44.6 Å². The van der Waals surface area contributed by atoms with Crippen molar-refractivity contribution in [3.05, 3.63) is 30.1 Å². The highest BCUT2D eigenvalue weighted by atomic mass is 19.1. The first-order valence-corrected chi connectivity index (χ1v) is 10.6. The van der Waals surface area contributed by atoms with Gasteiger partial charge in [0.25, 0.3) is 0 Å². The van der Waals surface area contributed by atoms with E-state index in [1.54, 1.807) is 11.0 Å². The number of amides is 1. The summed E-state index contributed by atoms with van der Waals surface area (Å²) in [6.07, 6.45) is 7.04. The average molecular weight is 372 g/mol. The number of ether oxygens (including phenoxy) is 1. The van der Waals surface area contributed by atoms with E-state index in [2.05, 4.69) is 4.90 Å². The minimum absolute atomic E-state index is 0.0175. The number of hydrogen-bond acceptors (Lipinski definition) is 3. The highest BCUT2D eigenvalue weighted by molar-refractivity contribution is 5.87. The van der Waals surface area contributed by atoms with Crippen molar-refractivity contribution in [3.63, 3.8) is 0 Å². The number of halogens is 1. The molecule has 1 amide bonds. The Kier molecular flexibility index (Phi) is 4.58. The molecule has 2 saturated carbocycles. The molecular weight excluding hydrogens is 343 g/mol. The highest BCUT2D eigenvalue weighted by Crippen LogP contribution is 2.48. The van der Waals surface area contributed by atoms with Gasteiger partial charge in [-0.1, -0.05) is 12.5 Å². The van der Waals surface area contributed by atoms with Crippen molar-refractivity contribution in [1.82, 2.24) is 4.90 Å². The van der Waals surface area contributed by atoms with Gasteiger partial charge in [0, 0.05) is 18.8 Å². The summed E-state index contributed by atoms with van der Waals surface area (Å²) in [4.78, 5) is 17.3. The van der Waals surface area contributed by atoms with Crippen LogP contribution in [0.15, 0.2) is 24.3 Å². The molecule has 3 aliphatic heterocycles. The van der Waals surface area contributed by atoms with E-state index in [0.29, 0.717) is 24.1 Å². The molecule has 5 heteroatoms. The summed E-state index contributed by atoms with van der Waals surface area (Å²) in [6.45, 7) is 3.75. The smallest absolute Gasteiger partial charge is 0.414 e. The molecule has 0 aromatic heterocycles. The van der Waals surface area contributed by atoms with Gasteiger partial charge in [0.05, 0.1) is 0 Å². The largest absolute Gasteiger partial charge is 0.444 e. The Bertz CT molecular complexity index is 703. The zero-order valence-corrected chi connectivity index (χ0v) is 15.9.